The van der Waals surface area contributed by atoms with Crippen LogP contribution >= 0.6 is 0 Å². The lowest BCUT2D eigenvalue weighted by molar-refractivity contribution is 0.898. The van der Waals surface area contributed by atoms with E-state index in [1.807, 2.05) is 20.9 Å². The summed E-state index contributed by atoms with van der Waals surface area (Å²) in [6.07, 6.45) is 0. The Balaban J connectivity index is 0.000000921. The molecule has 0 aliphatic heterocycles. The fraction of sp³-hybridized carbons (Fsp3) is 0.538. The third kappa shape index (κ3) is 4.24. The quantitative estimate of drug-likeness (QED) is 0.787. The summed E-state index contributed by atoms with van der Waals surface area (Å²) >= 11 is 0. The van der Waals surface area contributed by atoms with Crippen LogP contribution in [0.2, 0.25) is 0 Å². The first kappa shape index (κ1) is 13.8. The summed E-state index contributed by atoms with van der Waals surface area (Å²) in [5.74, 6) is 0. The molecule has 0 radical (unpaired) electrons. The predicted octanol–water partition coefficient (Wildman–Crippen LogP) is 3.88. The van der Waals surface area contributed by atoms with Gasteiger partial charge in [-0.2, -0.15) is 0 Å². The monoisotopic (exact) mass is 208 g/mol. The minimum atomic E-state index is 0.466. The van der Waals surface area contributed by atoms with Crippen molar-refractivity contribution in [2.24, 2.45) is 0 Å². The molecule has 0 spiro atoms. The van der Waals surface area contributed by atoms with Gasteiger partial charge in [-0.1, -0.05) is 26.0 Å². The predicted molar refractivity (Wildman–Crippen MR) is 70.8 cm³/mol. The lowest BCUT2D eigenvalue weighted by atomic mass is 10.1. The minimum Gasteiger partial charge on any atom is -0.386 e. The van der Waals surface area contributed by atoms with Crippen LogP contribution in [0, 0.1) is 6.92 Å². The first-order valence-electron chi connectivity index (χ1n) is 5.69. The van der Waals surface area contributed by atoms with Crippen molar-refractivity contribution in [3.8, 4) is 0 Å². The molecule has 0 saturated heterocycles. The van der Waals surface area contributed by atoms with E-state index >= 15 is 0 Å². The van der Waals surface area contributed by atoms with Crippen LogP contribution < -0.4 is 10.6 Å². The van der Waals surface area contributed by atoms with E-state index in [0.29, 0.717) is 6.04 Å². The molecule has 0 atom stereocenters. The van der Waals surface area contributed by atoms with Gasteiger partial charge in [0.05, 0.1) is 11.4 Å². The molecular weight excluding hydrogens is 184 g/mol. The summed E-state index contributed by atoms with van der Waals surface area (Å²) in [7, 11) is 1.94. The molecule has 0 aromatic heterocycles. The van der Waals surface area contributed by atoms with Crippen molar-refractivity contribution in [1.82, 2.24) is 0 Å². The number of hydrogen-bond acceptors (Lipinski definition) is 2. The van der Waals surface area contributed by atoms with Gasteiger partial charge in [0.2, 0.25) is 0 Å². The summed E-state index contributed by atoms with van der Waals surface area (Å²) in [5, 5.41) is 6.61. The van der Waals surface area contributed by atoms with Gasteiger partial charge in [0.1, 0.15) is 0 Å². The van der Waals surface area contributed by atoms with Gasteiger partial charge in [0.25, 0.3) is 0 Å². The molecule has 0 bridgehead atoms. The largest absolute Gasteiger partial charge is 0.386 e. The number of para-hydroxylation sites is 1. The number of rotatable bonds is 3. The van der Waals surface area contributed by atoms with Gasteiger partial charge in [-0.05, 0) is 32.4 Å². The first-order valence-corrected chi connectivity index (χ1v) is 5.69. The van der Waals surface area contributed by atoms with Gasteiger partial charge in [-0.25, -0.2) is 0 Å². The number of hydrogen-bond donors (Lipinski definition) is 2. The molecule has 86 valence electrons. The van der Waals surface area contributed by atoms with Crippen LogP contribution in [0.15, 0.2) is 18.2 Å². The molecule has 0 amide bonds. The maximum absolute atomic E-state index is 3.43. The Hall–Kier alpha value is -1.18. The maximum atomic E-state index is 3.43. The standard InChI is InChI=1S/C11H18N2.C2H6/c1-8(2)13-11-9(3)6-5-7-10(11)12-4;1-2/h5-8,12-13H,1-4H3;1-2H3. The maximum Gasteiger partial charge on any atom is 0.0607 e. The van der Waals surface area contributed by atoms with Crippen LogP contribution in [-0.2, 0) is 0 Å². The SMILES string of the molecule is CC.CNc1cccc(C)c1NC(C)C. The van der Waals surface area contributed by atoms with E-state index in [4.69, 9.17) is 0 Å². The average molecular weight is 208 g/mol. The Labute approximate surface area is 94.1 Å². The molecule has 2 N–H and O–H groups in total. The van der Waals surface area contributed by atoms with Crippen LogP contribution in [0.5, 0.6) is 0 Å². The topological polar surface area (TPSA) is 24.1 Å². The Morgan fingerprint density at radius 1 is 1.13 bits per heavy atom. The molecular formula is C13H24N2. The summed E-state index contributed by atoms with van der Waals surface area (Å²) in [5.41, 5.74) is 3.65. The summed E-state index contributed by atoms with van der Waals surface area (Å²) in [4.78, 5) is 0. The highest BCUT2D eigenvalue weighted by Crippen LogP contribution is 2.25. The Morgan fingerprint density at radius 3 is 2.20 bits per heavy atom. The Bertz CT molecular complexity index is 280. The van der Waals surface area contributed by atoms with Crippen LogP contribution in [0.1, 0.15) is 33.3 Å². The normalized spacial score (nSPS) is 9.27. The van der Waals surface area contributed by atoms with E-state index in [2.05, 4.69) is 49.6 Å². The zero-order valence-electron chi connectivity index (χ0n) is 10.8. The van der Waals surface area contributed by atoms with E-state index in [1.54, 1.807) is 0 Å². The van der Waals surface area contributed by atoms with E-state index in [0.717, 1.165) is 5.69 Å². The third-order valence-electron chi connectivity index (χ3n) is 1.98. The molecule has 0 unspecified atom stereocenters. The highest BCUT2D eigenvalue weighted by atomic mass is 15.0. The lowest BCUT2D eigenvalue weighted by Gasteiger charge is -2.16. The van der Waals surface area contributed by atoms with Gasteiger partial charge >= 0.3 is 0 Å². The summed E-state index contributed by atoms with van der Waals surface area (Å²) in [6, 6.07) is 6.73. The molecule has 2 nitrogen and oxygen atoms in total. The number of benzene rings is 1. The first-order chi connectivity index (χ1) is 7.15. The Morgan fingerprint density at radius 2 is 1.73 bits per heavy atom. The number of nitrogens with one attached hydrogen (secondary N) is 2. The van der Waals surface area contributed by atoms with Crippen molar-refractivity contribution in [2.75, 3.05) is 17.7 Å². The van der Waals surface area contributed by atoms with Gasteiger partial charge in [-0.15, -0.1) is 0 Å². The van der Waals surface area contributed by atoms with Crippen LogP contribution in [-0.4, -0.2) is 13.1 Å². The van der Waals surface area contributed by atoms with E-state index in [9.17, 15) is 0 Å². The van der Waals surface area contributed by atoms with Gasteiger partial charge in [0.15, 0.2) is 0 Å². The van der Waals surface area contributed by atoms with Crippen molar-refractivity contribution >= 4 is 11.4 Å². The second kappa shape index (κ2) is 7.16. The third-order valence-corrected chi connectivity index (χ3v) is 1.98. The molecule has 0 aliphatic carbocycles. The molecule has 2 heteroatoms. The van der Waals surface area contributed by atoms with E-state index in [-0.39, 0.29) is 0 Å². The van der Waals surface area contributed by atoms with Crippen molar-refractivity contribution in [1.29, 1.82) is 0 Å². The van der Waals surface area contributed by atoms with Crippen LogP contribution in [0.25, 0.3) is 0 Å². The summed E-state index contributed by atoms with van der Waals surface area (Å²) in [6.45, 7) is 10.4. The summed E-state index contributed by atoms with van der Waals surface area (Å²) < 4.78 is 0. The number of anilines is 2. The molecule has 0 fully saturated rings. The van der Waals surface area contributed by atoms with E-state index < -0.39 is 0 Å². The zero-order valence-corrected chi connectivity index (χ0v) is 10.8. The Kier molecular flexibility index (Phi) is 6.59. The van der Waals surface area contributed by atoms with Crippen LogP contribution in [0.3, 0.4) is 0 Å². The second-order valence-corrected chi connectivity index (χ2v) is 3.55. The van der Waals surface area contributed by atoms with Gasteiger partial charge in [0, 0.05) is 13.1 Å². The van der Waals surface area contributed by atoms with Crippen LogP contribution in [0.4, 0.5) is 11.4 Å². The fourth-order valence-electron chi connectivity index (χ4n) is 1.36. The molecule has 1 rings (SSSR count). The van der Waals surface area contributed by atoms with E-state index in [1.165, 1.54) is 11.3 Å². The molecule has 0 aliphatic rings. The number of aryl methyl sites for hydroxylation is 1. The van der Waals surface area contributed by atoms with Crippen molar-refractivity contribution < 1.29 is 0 Å². The minimum absolute atomic E-state index is 0.466. The van der Waals surface area contributed by atoms with Gasteiger partial charge < -0.3 is 10.6 Å². The molecule has 0 saturated carbocycles. The molecule has 1 aromatic carbocycles. The highest BCUT2D eigenvalue weighted by Gasteiger charge is 2.04. The lowest BCUT2D eigenvalue weighted by Crippen LogP contribution is -2.12. The average Bonchev–Trinajstić information content (AvgIpc) is 2.23. The second-order valence-electron chi connectivity index (χ2n) is 3.55. The van der Waals surface area contributed by atoms with Crippen molar-refractivity contribution in [2.45, 2.75) is 40.7 Å². The van der Waals surface area contributed by atoms with Crippen molar-refractivity contribution in [3.05, 3.63) is 23.8 Å². The molecule has 0 heterocycles. The molecule has 1 aromatic rings. The molecule has 15 heavy (non-hydrogen) atoms. The van der Waals surface area contributed by atoms with Crippen molar-refractivity contribution in [3.63, 3.8) is 0 Å². The zero-order chi connectivity index (χ0) is 11.8. The fourth-order valence-corrected chi connectivity index (χ4v) is 1.36. The van der Waals surface area contributed by atoms with Gasteiger partial charge in [-0.3, -0.25) is 0 Å². The highest BCUT2D eigenvalue weighted by molar-refractivity contribution is 5.72. The smallest absolute Gasteiger partial charge is 0.0607 e.